The molecule has 166 valence electrons. The molecule has 1 aromatic carbocycles. The number of amides is 1. The second kappa shape index (κ2) is 11.1. The highest BCUT2D eigenvalue weighted by Gasteiger charge is 2.21. The van der Waals surface area contributed by atoms with E-state index in [-0.39, 0.29) is 5.91 Å². The Labute approximate surface area is 187 Å². The van der Waals surface area contributed by atoms with E-state index in [0.29, 0.717) is 18.2 Å². The fourth-order valence-electron chi connectivity index (χ4n) is 4.29. The third-order valence-electron chi connectivity index (χ3n) is 6.24. The molecule has 0 aliphatic heterocycles. The normalized spacial score (nSPS) is 15.0. The first-order valence-corrected chi connectivity index (χ1v) is 11.7. The van der Waals surface area contributed by atoms with Crippen molar-refractivity contribution in [2.45, 2.75) is 71.8 Å². The molecule has 0 bridgehead atoms. The molecule has 0 radical (unpaired) electrons. The van der Waals surface area contributed by atoms with Gasteiger partial charge in [0.05, 0.1) is 11.1 Å². The first kappa shape index (κ1) is 23.1. The Morgan fingerprint density at radius 3 is 2.61 bits per heavy atom. The van der Waals surface area contributed by atoms with E-state index in [0.717, 1.165) is 29.6 Å². The van der Waals surface area contributed by atoms with Crippen molar-refractivity contribution < 1.29 is 4.79 Å². The van der Waals surface area contributed by atoms with E-state index in [9.17, 15) is 4.79 Å². The van der Waals surface area contributed by atoms with Crippen LogP contribution in [-0.2, 0) is 0 Å². The summed E-state index contributed by atoms with van der Waals surface area (Å²) in [6.07, 6.45) is 12.7. The van der Waals surface area contributed by atoms with Crippen LogP contribution in [0.3, 0.4) is 0 Å². The molecule has 1 aromatic heterocycles. The molecule has 1 fully saturated rings. The van der Waals surface area contributed by atoms with Gasteiger partial charge in [0, 0.05) is 25.0 Å². The van der Waals surface area contributed by atoms with E-state index in [1.807, 2.05) is 30.3 Å². The monoisotopic (exact) mass is 419 g/mol. The molecule has 31 heavy (non-hydrogen) atoms. The van der Waals surface area contributed by atoms with Gasteiger partial charge >= 0.3 is 0 Å². The van der Waals surface area contributed by atoms with Crippen LogP contribution in [0.25, 0.3) is 10.9 Å². The van der Waals surface area contributed by atoms with Crippen molar-refractivity contribution in [1.82, 2.24) is 10.3 Å². The van der Waals surface area contributed by atoms with Crippen LogP contribution in [-0.4, -0.2) is 30.5 Å². The maximum atomic E-state index is 13.1. The molecular weight excluding hydrogens is 382 g/mol. The van der Waals surface area contributed by atoms with Gasteiger partial charge in [0.1, 0.15) is 5.82 Å². The molecule has 2 aromatic rings. The van der Waals surface area contributed by atoms with Crippen LogP contribution in [0, 0.1) is 0 Å². The fourth-order valence-corrected chi connectivity index (χ4v) is 4.29. The van der Waals surface area contributed by atoms with E-state index in [4.69, 9.17) is 4.98 Å². The maximum Gasteiger partial charge on any atom is 0.252 e. The smallest absolute Gasteiger partial charge is 0.252 e. The predicted molar refractivity (Wildman–Crippen MR) is 132 cm³/mol. The Morgan fingerprint density at radius 1 is 1.13 bits per heavy atom. The Balaban J connectivity index is 1.75. The molecule has 3 rings (SSSR count). The third kappa shape index (κ3) is 6.43. The molecule has 1 aliphatic carbocycles. The van der Waals surface area contributed by atoms with Crippen molar-refractivity contribution in [3.63, 3.8) is 0 Å². The van der Waals surface area contributed by atoms with Crippen LogP contribution < -0.4 is 10.2 Å². The van der Waals surface area contributed by atoms with Crippen molar-refractivity contribution in [3.8, 4) is 0 Å². The number of hydrogen-bond acceptors (Lipinski definition) is 3. The van der Waals surface area contributed by atoms with Crippen LogP contribution >= 0.6 is 0 Å². The minimum absolute atomic E-state index is 0.0368. The van der Waals surface area contributed by atoms with Crippen LogP contribution in [0.4, 0.5) is 5.82 Å². The third-order valence-corrected chi connectivity index (χ3v) is 6.24. The van der Waals surface area contributed by atoms with Crippen LogP contribution in [0.5, 0.6) is 0 Å². The average Bonchev–Trinajstić information content (AvgIpc) is 2.78. The number of allylic oxidation sites excluding steroid dienone is 3. The lowest BCUT2D eigenvalue weighted by atomic mass is 9.94. The summed E-state index contributed by atoms with van der Waals surface area (Å²) in [7, 11) is 2.12. The second-order valence-corrected chi connectivity index (χ2v) is 9.03. The summed E-state index contributed by atoms with van der Waals surface area (Å²) in [5.41, 5.74) is 4.23. The summed E-state index contributed by atoms with van der Waals surface area (Å²) >= 11 is 0. The number of para-hydroxylation sites is 1. The number of rotatable bonds is 8. The van der Waals surface area contributed by atoms with Gasteiger partial charge in [0.2, 0.25) is 0 Å². The number of benzene rings is 1. The van der Waals surface area contributed by atoms with Crippen LogP contribution in [0.15, 0.2) is 53.6 Å². The van der Waals surface area contributed by atoms with Gasteiger partial charge in [-0.25, -0.2) is 4.98 Å². The quantitative estimate of drug-likeness (QED) is 0.502. The standard InChI is InChI=1S/C27H37N3O/c1-20(2)11-10-12-21(3)17-18-28-27(31)24-19-26(29-25-16-9-8-15-23(24)25)30(4)22-13-6-5-7-14-22/h8-9,11,15-17,19,22H,5-7,10,12-14,18H2,1-4H3,(H,28,31)/b21-17+. The Hall–Kier alpha value is -2.62. The number of anilines is 1. The summed E-state index contributed by atoms with van der Waals surface area (Å²) in [5.74, 6) is 0.856. The lowest BCUT2D eigenvalue weighted by Crippen LogP contribution is -2.34. The SMILES string of the molecule is CC(C)=CCC/C(C)=C/CNC(=O)c1cc(N(C)C2CCCCC2)nc2ccccc12. The first-order chi connectivity index (χ1) is 15.0. The van der Waals surface area contributed by atoms with E-state index in [2.05, 4.69) is 50.2 Å². The van der Waals surface area contributed by atoms with Crippen molar-refractivity contribution in [1.29, 1.82) is 0 Å². The molecule has 1 heterocycles. The van der Waals surface area contributed by atoms with Gasteiger partial charge in [-0.15, -0.1) is 0 Å². The van der Waals surface area contributed by atoms with Crippen molar-refractivity contribution in [2.75, 3.05) is 18.5 Å². The van der Waals surface area contributed by atoms with Crippen LogP contribution in [0.2, 0.25) is 0 Å². The largest absolute Gasteiger partial charge is 0.357 e. The molecule has 0 unspecified atom stereocenters. The van der Waals surface area contributed by atoms with E-state index in [1.165, 1.54) is 43.3 Å². The molecule has 4 heteroatoms. The predicted octanol–water partition coefficient (Wildman–Crippen LogP) is 6.43. The zero-order chi connectivity index (χ0) is 22.2. The lowest BCUT2D eigenvalue weighted by molar-refractivity contribution is 0.0959. The number of pyridine rings is 1. The molecule has 0 saturated heterocycles. The highest BCUT2D eigenvalue weighted by molar-refractivity contribution is 6.07. The summed E-state index contributed by atoms with van der Waals surface area (Å²) in [6, 6.07) is 10.4. The zero-order valence-corrected chi connectivity index (χ0v) is 19.6. The first-order valence-electron chi connectivity index (χ1n) is 11.7. The summed E-state index contributed by atoms with van der Waals surface area (Å²) in [4.78, 5) is 20.3. The van der Waals surface area contributed by atoms with Crippen molar-refractivity contribution >= 4 is 22.6 Å². The minimum Gasteiger partial charge on any atom is -0.357 e. The van der Waals surface area contributed by atoms with Gasteiger partial charge in [-0.2, -0.15) is 0 Å². The van der Waals surface area contributed by atoms with Gasteiger partial charge in [-0.1, -0.05) is 60.8 Å². The number of hydrogen-bond donors (Lipinski definition) is 1. The number of aromatic nitrogens is 1. The number of nitrogens with one attached hydrogen (secondary N) is 1. The minimum atomic E-state index is -0.0368. The highest BCUT2D eigenvalue weighted by Crippen LogP contribution is 2.28. The van der Waals surface area contributed by atoms with Gasteiger partial charge < -0.3 is 10.2 Å². The lowest BCUT2D eigenvalue weighted by Gasteiger charge is -2.32. The van der Waals surface area contributed by atoms with Crippen molar-refractivity contribution in [3.05, 3.63) is 59.2 Å². The summed E-state index contributed by atoms with van der Waals surface area (Å²) < 4.78 is 0. The average molecular weight is 420 g/mol. The molecule has 1 saturated carbocycles. The van der Waals surface area contributed by atoms with E-state index >= 15 is 0 Å². The Morgan fingerprint density at radius 2 is 1.87 bits per heavy atom. The van der Waals surface area contributed by atoms with Gasteiger partial charge in [0.15, 0.2) is 0 Å². The molecule has 4 nitrogen and oxygen atoms in total. The number of carbonyl (C=O) groups excluding carboxylic acids is 1. The van der Waals surface area contributed by atoms with Gasteiger partial charge in [0.25, 0.3) is 5.91 Å². The fraction of sp³-hybridized carbons (Fsp3) is 0.481. The van der Waals surface area contributed by atoms with Gasteiger partial charge in [-0.05, 0) is 58.6 Å². The Bertz CT molecular complexity index is 950. The van der Waals surface area contributed by atoms with Gasteiger partial charge in [-0.3, -0.25) is 4.79 Å². The zero-order valence-electron chi connectivity index (χ0n) is 19.6. The second-order valence-electron chi connectivity index (χ2n) is 9.03. The highest BCUT2D eigenvalue weighted by atomic mass is 16.1. The molecule has 1 N–H and O–H groups in total. The van der Waals surface area contributed by atoms with E-state index < -0.39 is 0 Å². The number of nitrogens with zero attached hydrogens (tertiary/aromatic N) is 2. The topological polar surface area (TPSA) is 45.2 Å². The Kier molecular flexibility index (Phi) is 8.27. The number of carbonyl (C=O) groups is 1. The summed E-state index contributed by atoms with van der Waals surface area (Å²) in [6.45, 7) is 6.92. The molecule has 0 atom stereocenters. The van der Waals surface area contributed by atoms with E-state index in [1.54, 1.807) is 0 Å². The van der Waals surface area contributed by atoms with Crippen molar-refractivity contribution in [2.24, 2.45) is 0 Å². The molecule has 1 aliphatic rings. The summed E-state index contributed by atoms with van der Waals surface area (Å²) in [5, 5.41) is 4.00. The molecule has 0 spiro atoms. The molecular formula is C27H37N3O. The molecule has 1 amide bonds. The van der Waals surface area contributed by atoms with Crippen LogP contribution in [0.1, 0.15) is 76.1 Å². The maximum absolute atomic E-state index is 13.1. The number of fused-ring (bicyclic) bond motifs is 1.